The predicted octanol–water partition coefficient (Wildman–Crippen LogP) is 0.834. The van der Waals surface area contributed by atoms with Gasteiger partial charge in [-0.15, -0.1) is 0 Å². The van der Waals surface area contributed by atoms with Crippen LogP contribution in [-0.4, -0.2) is 42.0 Å². The molecule has 1 saturated heterocycles. The maximum atomic E-state index is 12.5. The molecule has 1 aliphatic heterocycles. The lowest BCUT2D eigenvalue weighted by atomic mass is 9.98. The van der Waals surface area contributed by atoms with Crippen LogP contribution in [-0.2, 0) is 14.3 Å². The molecule has 1 heterocycles. The number of hydrogen-bond donors (Lipinski definition) is 1. The van der Waals surface area contributed by atoms with E-state index in [4.69, 9.17) is 10.5 Å². The minimum atomic E-state index is -0.411. The summed E-state index contributed by atoms with van der Waals surface area (Å²) >= 11 is 0. The highest BCUT2D eigenvalue weighted by Crippen LogP contribution is 2.25. The standard InChI is InChI=1S/C14H22N2O3/c1-2-19-14(18)12-5-3-4-8-16(12)13(17)10-6-7-11(15)9-10/h6-7,10-12H,2-5,8-9,15H2,1H3. The molecule has 2 N–H and O–H groups in total. The highest BCUT2D eigenvalue weighted by atomic mass is 16.5. The lowest BCUT2D eigenvalue weighted by Crippen LogP contribution is -2.50. The first-order valence-electron chi connectivity index (χ1n) is 7.04. The molecule has 1 amide bonds. The quantitative estimate of drug-likeness (QED) is 0.606. The van der Waals surface area contributed by atoms with Crippen molar-refractivity contribution in [3.8, 4) is 0 Å². The van der Waals surface area contributed by atoms with Gasteiger partial charge in [0.2, 0.25) is 5.91 Å². The van der Waals surface area contributed by atoms with Crippen LogP contribution in [0.2, 0.25) is 0 Å². The molecule has 0 aromatic rings. The van der Waals surface area contributed by atoms with E-state index in [1.54, 1.807) is 11.8 Å². The molecule has 1 fully saturated rings. The van der Waals surface area contributed by atoms with E-state index in [2.05, 4.69) is 0 Å². The molecule has 0 radical (unpaired) electrons. The van der Waals surface area contributed by atoms with E-state index in [1.807, 2.05) is 12.2 Å². The van der Waals surface area contributed by atoms with E-state index in [0.29, 0.717) is 26.0 Å². The number of carbonyl (C=O) groups is 2. The summed E-state index contributed by atoms with van der Waals surface area (Å²) < 4.78 is 5.07. The Balaban J connectivity index is 2.04. The molecule has 0 aromatic heterocycles. The maximum absolute atomic E-state index is 12.5. The van der Waals surface area contributed by atoms with Crippen LogP contribution < -0.4 is 5.73 Å². The van der Waals surface area contributed by atoms with E-state index in [9.17, 15) is 9.59 Å². The average molecular weight is 266 g/mol. The number of nitrogens with two attached hydrogens (primary N) is 1. The van der Waals surface area contributed by atoms with Crippen molar-refractivity contribution in [2.45, 2.75) is 44.7 Å². The number of carbonyl (C=O) groups excluding carboxylic acids is 2. The molecule has 1 aliphatic carbocycles. The lowest BCUT2D eigenvalue weighted by molar-refractivity contribution is -0.157. The van der Waals surface area contributed by atoms with Gasteiger partial charge in [0.1, 0.15) is 6.04 Å². The minimum Gasteiger partial charge on any atom is -0.464 e. The van der Waals surface area contributed by atoms with Crippen molar-refractivity contribution < 1.29 is 14.3 Å². The molecule has 2 rings (SSSR count). The normalized spacial score (nSPS) is 30.4. The summed E-state index contributed by atoms with van der Waals surface area (Å²) in [5, 5.41) is 0. The summed E-state index contributed by atoms with van der Waals surface area (Å²) in [6, 6.07) is -0.453. The highest BCUT2D eigenvalue weighted by Gasteiger charge is 2.36. The molecule has 19 heavy (non-hydrogen) atoms. The molecule has 0 spiro atoms. The van der Waals surface area contributed by atoms with E-state index < -0.39 is 6.04 Å². The second kappa shape index (κ2) is 6.19. The molecular weight excluding hydrogens is 244 g/mol. The molecule has 3 atom stereocenters. The first-order chi connectivity index (χ1) is 9.13. The smallest absolute Gasteiger partial charge is 0.328 e. The number of likely N-dealkylation sites (tertiary alicyclic amines) is 1. The topological polar surface area (TPSA) is 72.6 Å². The van der Waals surface area contributed by atoms with E-state index in [0.717, 1.165) is 12.8 Å². The van der Waals surface area contributed by atoms with Crippen LogP contribution in [0.5, 0.6) is 0 Å². The van der Waals surface area contributed by atoms with Crippen molar-refractivity contribution >= 4 is 11.9 Å². The van der Waals surface area contributed by atoms with Crippen LogP contribution in [0, 0.1) is 5.92 Å². The second-order valence-electron chi connectivity index (χ2n) is 5.19. The fourth-order valence-corrected chi connectivity index (χ4v) is 2.80. The number of esters is 1. The van der Waals surface area contributed by atoms with E-state index in [-0.39, 0.29) is 23.8 Å². The molecule has 0 bridgehead atoms. The largest absolute Gasteiger partial charge is 0.464 e. The third kappa shape index (κ3) is 3.15. The zero-order valence-corrected chi connectivity index (χ0v) is 11.4. The van der Waals surface area contributed by atoms with Gasteiger partial charge in [-0.2, -0.15) is 0 Å². The number of hydrogen-bond acceptors (Lipinski definition) is 4. The lowest BCUT2D eigenvalue weighted by Gasteiger charge is -2.35. The molecular formula is C14H22N2O3. The molecule has 5 nitrogen and oxygen atoms in total. The van der Waals surface area contributed by atoms with Crippen LogP contribution in [0.25, 0.3) is 0 Å². The van der Waals surface area contributed by atoms with Gasteiger partial charge in [0.15, 0.2) is 0 Å². The van der Waals surface area contributed by atoms with Crippen molar-refractivity contribution in [2.24, 2.45) is 11.7 Å². The zero-order chi connectivity index (χ0) is 13.8. The van der Waals surface area contributed by atoms with Gasteiger partial charge in [0.05, 0.1) is 12.5 Å². The predicted molar refractivity (Wildman–Crippen MR) is 71.2 cm³/mol. The highest BCUT2D eigenvalue weighted by molar-refractivity contribution is 5.87. The summed E-state index contributed by atoms with van der Waals surface area (Å²) in [5.41, 5.74) is 5.79. The average Bonchev–Trinajstić information content (AvgIpc) is 2.85. The maximum Gasteiger partial charge on any atom is 0.328 e. The Labute approximate surface area is 113 Å². The molecule has 0 aromatic carbocycles. The Hall–Kier alpha value is -1.36. The van der Waals surface area contributed by atoms with Gasteiger partial charge >= 0.3 is 5.97 Å². The number of ether oxygens (including phenoxy) is 1. The Morgan fingerprint density at radius 2 is 2.16 bits per heavy atom. The summed E-state index contributed by atoms with van der Waals surface area (Å²) in [7, 11) is 0. The van der Waals surface area contributed by atoms with Gasteiger partial charge in [0.25, 0.3) is 0 Å². The third-order valence-electron chi connectivity index (χ3n) is 3.78. The van der Waals surface area contributed by atoms with Crippen molar-refractivity contribution in [2.75, 3.05) is 13.2 Å². The minimum absolute atomic E-state index is 0.0157. The van der Waals surface area contributed by atoms with Crippen LogP contribution in [0.3, 0.4) is 0 Å². The first kappa shape index (κ1) is 14.1. The Kier molecular flexibility index (Phi) is 4.58. The molecule has 3 unspecified atom stereocenters. The van der Waals surface area contributed by atoms with Crippen molar-refractivity contribution in [3.63, 3.8) is 0 Å². The second-order valence-corrected chi connectivity index (χ2v) is 5.19. The van der Waals surface area contributed by atoms with E-state index in [1.165, 1.54) is 0 Å². The number of amides is 1. The summed E-state index contributed by atoms with van der Waals surface area (Å²) in [6.45, 7) is 2.78. The fraction of sp³-hybridized carbons (Fsp3) is 0.714. The Morgan fingerprint density at radius 3 is 2.79 bits per heavy atom. The van der Waals surface area contributed by atoms with Crippen molar-refractivity contribution in [3.05, 3.63) is 12.2 Å². The molecule has 0 saturated carbocycles. The van der Waals surface area contributed by atoms with Crippen molar-refractivity contribution in [1.82, 2.24) is 4.90 Å². The van der Waals surface area contributed by atoms with Gasteiger partial charge in [-0.3, -0.25) is 4.79 Å². The van der Waals surface area contributed by atoms with Crippen LogP contribution in [0.15, 0.2) is 12.2 Å². The summed E-state index contributed by atoms with van der Waals surface area (Å²) in [6.07, 6.45) is 6.99. The van der Waals surface area contributed by atoms with Crippen molar-refractivity contribution in [1.29, 1.82) is 0 Å². The Morgan fingerprint density at radius 1 is 1.37 bits per heavy atom. The van der Waals surface area contributed by atoms with Crippen LogP contribution in [0.1, 0.15) is 32.6 Å². The van der Waals surface area contributed by atoms with Crippen LogP contribution >= 0.6 is 0 Å². The SMILES string of the molecule is CCOC(=O)C1CCCCN1C(=O)C1C=CC(N)C1. The summed E-state index contributed by atoms with van der Waals surface area (Å²) in [4.78, 5) is 26.1. The van der Waals surface area contributed by atoms with Gasteiger partial charge in [0, 0.05) is 12.6 Å². The monoisotopic (exact) mass is 266 g/mol. The van der Waals surface area contributed by atoms with Crippen LogP contribution in [0.4, 0.5) is 0 Å². The first-order valence-corrected chi connectivity index (χ1v) is 7.04. The summed E-state index contributed by atoms with van der Waals surface area (Å²) in [5.74, 6) is -0.436. The number of rotatable bonds is 3. The van der Waals surface area contributed by atoms with E-state index >= 15 is 0 Å². The number of piperidine rings is 1. The molecule has 5 heteroatoms. The number of nitrogens with zero attached hydrogens (tertiary/aromatic N) is 1. The van der Waals surface area contributed by atoms with Gasteiger partial charge in [-0.1, -0.05) is 12.2 Å². The van der Waals surface area contributed by atoms with Gasteiger partial charge < -0.3 is 15.4 Å². The Bertz CT molecular complexity index is 381. The third-order valence-corrected chi connectivity index (χ3v) is 3.78. The van der Waals surface area contributed by atoms with Gasteiger partial charge in [-0.25, -0.2) is 4.79 Å². The molecule has 2 aliphatic rings. The zero-order valence-electron chi connectivity index (χ0n) is 11.4. The molecule has 106 valence electrons. The fourth-order valence-electron chi connectivity index (χ4n) is 2.80. The van der Waals surface area contributed by atoms with Gasteiger partial charge in [-0.05, 0) is 32.6 Å².